The zero-order chi connectivity index (χ0) is 12.8. The number of ether oxygens (including phenoxy) is 1. The molecular formula is C13H17NO3. The molecule has 0 fully saturated rings. The van der Waals surface area contributed by atoms with Gasteiger partial charge in [-0.15, -0.1) is 0 Å². The number of hydrogen-bond donors (Lipinski definition) is 1. The molecule has 4 nitrogen and oxygen atoms in total. The van der Waals surface area contributed by atoms with Crippen LogP contribution in [0.15, 0.2) is 18.2 Å². The third-order valence-corrected chi connectivity index (χ3v) is 2.95. The molecule has 1 aliphatic rings. The van der Waals surface area contributed by atoms with Crippen molar-refractivity contribution in [1.82, 2.24) is 4.90 Å². The summed E-state index contributed by atoms with van der Waals surface area (Å²) in [6.45, 7) is 5.70. The van der Waals surface area contributed by atoms with Gasteiger partial charge in [-0.1, -0.05) is 0 Å². The maximum absolute atomic E-state index is 12.2. The Hall–Kier alpha value is -1.55. The minimum Gasteiger partial charge on any atom is -0.497 e. The van der Waals surface area contributed by atoms with Gasteiger partial charge in [-0.05, 0) is 39.0 Å². The first kappa shape index (κ1) is 11.9. The Bertz CT molecular complexity index is 462. The summed E-state index contributed by atoms with van der Waals surface area (Å²) in [5, 5.41) is 10.2. The number of amides is 1. The molecule has 0 saturated heterocycles. The maximum atomic E-state index is 12.2. The second kappa shape index (κ2) is 3.74. The van der Waals surface area contributed by atoms with E-state index in [-0.39, 0.29) is 5.91 Å². The number of carbonyl (C=O) groups is 1. The van der Waals surface area contributed by atoms with Crippen LogP contribution in [0.25, 0.3) is 0 Å². The topological polar surface area (TPSA) is 49.8 Å². The van der Waals surface area contributed by atoms with E-state index in [1.54, 1.807) is 25.3 Å². The van der Waals surface area contributed by atoms with Crippen LogP contribution < -0.4 is 4.74 Å². The fraction of sp³-hybridized carbons (Fsp3) is 0.462. The molecule has 0 unspecified atom stereocenters. The van der Waals surface area contributed by atoms with Gasteiger partial charge in [-0.2, -0.15) is 0 Å². The summed E-state index contributed by atoms with van der Waals surface area (Å²) >= 11 is 0. The van der Waals surface area contributed by atoms with E-state index >= 15 is 0 Å². The molecule has 2 rings (SSSR count). The highest BCUT2D eigenvalue weighted by Crippen LogP contribution is 2.38. The van der Waals surface area contributed by atoms with E-state index in [2.05, 4.69) is 0 Å². The molecule has 0 bridgehead atoms. The van der Waals surface area contributed by atoms with Gasteiger partial charge in [0.25, 0.3) is 5.91 Å². The van der Waals surface area contributed by atoms with Crippen LogP contribution in [0.5, 0.6) is 5.75 Å². The Morgan fingerprint density at radius 1 is 1.35 bits per heavy atom. The fourth-order valence-corrected chi connectivity index (χ4v) is 2.13. The Kier molecular flexibility index (Phi) is 2.62. The number of fused-ring (bicyclic) bond motifs is 1. The van der Waals surface area contributed by atoms with E-state index in [9.17, 15) is 9.90 Å². The molecule has 1 aliphatic heterocycles. The third kappa shape index (κ3) is 1.78. The molecular weight excluding hydrogens is 218 g/mol. The molecule has 1 aromatic rings. The molecule has 1 atom stereocenters. The van der Waals surface area contributed by atoms with Crippen LogP contribution >= 0.6 is 0 Å². The van der Waals surface area contributed by atoms with Gasteiger partial charge in [0, 0.05) is 16.7 Å². The second-order valence-corrected chi connectivity index (χ2v) is 5.17. The third-order valence-electron chi connectivity index (χ3n) is 2.95. The summed E-state index contributed by atoms with van der Waals surface area (Å²) < 4.78 is 5.10. The zero-order valence-corrected chi connectivity index (χ0v) is 10.5. The van der Waals surface area contributed by atoms with Crippen molar-refractivity contribution >= 4 is 5.91 Å². The Balaban J connectivity index is 2.49. The largest absolute Gasteiger partial charge is 0.497 e. The number of benzene rings is 1. The summed E-state index contributed by atoms with van der Waals surface area (Å²) in [7, 11) is 1.56. The van der Waals surface area contributed by atoms with Crippen LogP contribution in [-0.4, -0.2) is 28.6 Å². The van der Waals surface area contributed by atoms with Gasteiger partial charge in [-0.25, -0.2) is 0 Å². The minimum absolute atomic E-state index is 0.136. The van der Waals surface area contributed by atoms with Gasteiger partial charge in [0.2, 0.25) is 0 Å². The molecule has 1 amide bonds. The molecule has 0 radical (unpaired) electrons. The first-order valence-electron chi connectivity index (χ1n) is 5.56. The summed E-state index contributed by atoms with van der Waals surface area (Å²) in [6, 6.07) is 5.14. The smallest absolute Gasteiger partial charge is 0.257 e. The number of rotatable bonds is 1. The Morgan fingerprint density at radius 3 is 2.53 bits per heavy atom. The summed E-state index contributed by atoms with van der Waals surface area (Å²) in [5.74, 6) is 0.508. The van der Waals surface area contributed by atoms with Gasteiger partial charge < -0.3 is 14.7 Å². The molecule has 17 heavy (non-hydrogen) atoms. The van der Waals surface area contributed by atoms with Gasteiger partial charge in [-0.3, -0.25) is 4.79 Å². The Morgan fingerprint density at radius 2 is 2.00 bits per heavy atom. The van der Waals surface area contributed by atoms with Gasteiger partial charge in [0.05, 0.1) is 7.11 Å². The standard InChI is InChI=1S/C13H17NO3/c1-13(2,3)14-11(15)9-6-5-8(17-4)7-10(9)12(14)16/h5-7,12,16H,1-4H3/t12-/m1/s1. The lowest BCUT2D eigenvalue weighted by Crippen LogP contribution is -2.43. The SMILES string of the molecule is COc1ccc2c(c1)[C@@H](O)N(C(C)(C)C)C2=O. The molecule has 4 heteroatoms. The number of carbonyl (C=O) groups excluding carboxylic acids is 1. The van der Waals surface area contributed by atoms with Crippen molar-refractivity contribution in [2.75, 3.05) is 7.11 Å². The van der Waals surface area contributed by atoms with Gasteiger partial charge >= 0.3 is 0 Å². The van der Waals surface area contributed by atoms with E-state index in [1.165, 1.54) is 4.90 Å². The van der Waals surface area contributed by atoms with Crippen LogP contribution in [-0.2, 0) is 0 Å². The van der Waals surface area contributed by atoms with Crippen molar-refractivity contribution in [3.63, 3.8) is 0 Å². The van der Waals surface area contributed by atoms with Crippen LogP contribution in [0.4, 0.5) is 0 Å². The fourth-order valence-electron chi connectivity index (χ4n) is 2.13. The van der Waals surface area contributed by atoms with Crippen molar-refractivity contribution in [3.05, 3.63) is 29.3 Å². The summed E-state index contributed by atoms with van der Waals surface area (Å²) in [4.78, 5) is 13.7. The number of methoxy groups -OCH3 is 1. The number of nitrogens with zero attached hydrogens (tertiary/aromatic N) is 1. The summed E-state index contributed by atoms with van der Waals surface area (Å²) in [5.41, 5.74) is 0.750. The summed E-state index contributed by atoms with van der Waals surface area (Å²) in [6.07, 6.45) is -0.896. The number of aliphatic hydroxyl groups is 1. The predicted octanol–water partition coefficient (Wildman–Crippen LogP) is 1.94. The normalized spacial score (nSPS) is 19.5. The Labute approximate surface area is 101 Å². The van der Waals surface area contributed by atoms with Crippen molar-refractivity contribution < 1.29 is 14.6 Å². The van der Waals surface area contributed by atoms with E-state index in [1.807, 2.05) is 20.8 Å². The van der Waals surface area contributed by atoms with Crippen LogP contribution in [0.3, 0.4) is 0 Å². The first-order valence-corrected chi connectivity index (χ1v) is 5.56. The molecule has 1 heterocycles. The first-order chi connectivity index (χ1) is 7.86. The number of hydrogen-bond acceptors (Lipinski definition) is 3. The van der Waals surface area contributed by atoms with E-state index < -0.39 is 11.8 Å². The molecule has 1 aromatic carbocycles. The molecule has 0 aromatic heterocycles. The highest BCUT2D eigenvalue weighted by molar-refractivity contribution is 5.99. The van der Waals surface area contributed by atoms with Gasteiger partial charge in [0.1, 0.15) is 5.75 Å². The molecule has 92 valence electrons. The lowest BCUT2D eigenvalue weighted by molar-refractivity contribution is -0.0229. The highest BCUT2D eigenvalue weighted by Gasteiger charge is 2.41. The van der Waals surface area contributed by atoms with E-state index in [0.717, 1.165) is 0 Å². The van der Waals surface area contributed by atoms with Crippen LogP contribution in [0.1, 0.15) is 42.9 Å². The van der Waals surface area contributed by atoms with E-state index in [4.69, 9.17) is 4.74 Å². The zero-order valence-electron chi connectivity index (χ0n) is 10.5. The van der Waals surface area contributed by atoms with Crippen molar-refractivity contribution in [2.45, 2.75) is 32.5 Å². The van der Waals surface area contributed by atoms with Crippen molar-refractivity contribution in [3.8, 4) is 5.75 Å². The van der Waals surface area contributed by atoms with Crippen LogP contribution in [0.2, 0.25) is 0 Å². The lowest BCUT2D eigenvalue weighted by Gasteiger charge is -2.34. The second-order valence-electron chi connectivity index (χ2n) is 5.17. The highest BCUT2D eigenvalue weighted by atomic mass is 16.5. The maximum Gasteiger partial charge on any atom is 0.257 e. The lowest BCUT2D eigenvalue weighted by atomic mass is 10.1. The van der Waals surface area contributed by atoms with Crippen molar-refractivity contribution in [1.29, 1.82) is 0 Å². The molecule has 0 aliphatic carbocycles. The molecule has 0 spiro atoms. The predicted molar refractivity (Wildman–Crippen MR) is 63.9 cm³/mol. The average molecular weight is 235 g/mol. The monoisotopic (exact) mass is 235 g/mol. The average Bonchev–Trinajstić information content (AvgIpc) is 2.50. The van der Waals surface area contributed by atoms with E-state index in [0.29, 0.717) is 16.9 Å². The van der Waals surface area contributed by atoms with Crippen molar-refractivity contribution in [2.24, 2.45) is 0 Å². The quantitative estimate of drug-likeness (QED) is 0.809. The molecule has 1 N–H and O–H groups in total. The minimum atomic E-state index is -0.896. The van der Waals surface area contributed by atoms with Gasteiger partial charge in [0.15, 0.2) is 6.23 Å². The van der Waals surface area contributed by atoms with Crippen LogP contribution in [0, 0.1) is 0 Å². The molecule has 0 saturated carbocycles. The number of aliphatic hydroxyl groups excluding tert-OH is 1.